The van der Waals surface area contributed by atoms with Crippen molar-refractivity contribution in [1.82, 2.24) is 4.98 Å². The third-order valence-electron chi connectivity index (χ3n) is 2.79. The van der Waals surface area contributed by atoms with E-state index in [2.05, 4.69) is 28.5 Å². The van der Waals surface area contributed by atoms with Crippen LogP contribution in [-0.2, 0) is 5.75 Å². The topological polar surface area (TPSA) is 24.9 Å². The molecular weight excluding hydrogens is 278 g/mol. The van der Waals surface area contributed by atoms with Crippen molar-refractivity contribution < 1.29 is 8.78 Å². The van der Waals surface area contributed by atoms with Gasteiger partial charge in [-0.15, -0.1) is 0 Å². The molecule has 0 aliphatic heterocycles. The number of nitrogens with one attached hydrogen (secondary N) is 1. The van der Waals surface area contributed by atoms with Gasteiger partial charge in [0, 0.05) is 18.9 Å². The van der Waals surface area contributed by atoms with Crippen molar-refractivity contribution in [2.45, 2.75) is 24.6 Å². The lowest BCUT2D eigenvalue weighted by Gasteiger charge is -2.08. The summed E-state index contributed by atoms with van der Waals surface area (Å²) in [5.41, 5.74) is 3.44. The van der Waals surface area contributed by atoms with Crippen molar-refractivity contribution in [2.24, 2.45) is 0 Å². The molecule has 1 aromatic heterocycles. The van der Waals surface area contributed by atoms with Crippen molar-refractivity contribution in [3.05, 3.63) is 52.6 Å². The molecule has 0 unspecified atom stereocenters. The zero-order chi connectivity index (χ0) is 14.7. The first-order valence-electron chi connectivity index (χ1n) is 6.23. The van der Waals surface area contributed by atoms with Crippen LogP contribution >= 0.6 is 11.8 Å². The SMILES string of the molecule is CNc1nc(SCc2cc(C)cc(C)c2)c(F)cc1F. The van der Waals surface area contributed by atoms with Crippen molar-refractivity contribution >= 4 is 17.6 Å². The van der Waals surface area contributed by atoms with Gasteiger partial charge < -0.3 is 5.32 Å². The van der Waals surface area contributed by atoms with Crippen molar-refractivity contribution in [3.63, 3.8) is 0 Å². The number of nitrogens with zero attached hydrogens (tertiary/aromatic N) is 1. The molecule has 2 aromatic rings. The van der Waals surface area contributed by atoms with E-state index < -0.39 is 11.6 Å². The minimum atomic E-state index is -0.680. The van der Waals surface area contributed by atoms with Crippen LogP contribution in [0.15, 0.2) is 29.3 Å². The van der Waals surface area contributed by atoms with E-state index in [1.807, 2.05) is 13.8 Å². The Labute approximate surface area is 121 Å². The molecule has 0 atom stereocenters. The maximum Gasteiger partial charge on any atom is 0.168 e. The number of rotatable bonds is 4. The molecular formula is C15H16F2N2S. The summed E-state index contributed by atoms with van der Waals surface area (Å²) in [5, 5.41) is 2.82. The quantitative estimate of drug-likeness (QED) is 0.851. The van der Waals surface area contributed by atoms with Crippen LogP contribution in [0.25, 0.3) is 0 Å². The second kappa shape index (κ2) is 6.22. The van der Waals surface area contributed by atoms with E-state index >= 15 is 0 Å². The molecule has 2 rings (SSSR count). The van der Waals surface area contributed by atoms with Crippen LogP contribution in [0.4, 0.5) is 14.6 Å². The van der Waals surface area contributed by atoms with Gasteiger partial charge in [0.15, 0.2) is 17.5 Å². The Kier molecular flexibility index (Phi) is 4.60. The molecule has 1 aromatic carbocycles. The zero-order valence-electron chi connectivity index (χ0n) is 11.6. The fourth-order valence-corrected chi connectivity index (χ4v) is 2.85. The molecule has 0 bridgehead atoms. The van der Waals surface area contributed by atoms with E-state index in [4.69, 9.17) is 0 Å². The number of pyridine rings is 1. The minimum absolute atomic E-state index is 0.0642. The lowest BCUT2D eigenvalue weighted by Crippen LogP contribution is -2.00. The number of aromatic nitrogens is 1. The Balaban J connectivity index is 2.18. The summed E-state index contributed by atoms with van der Waals surface area (Å²) in [6.45, 7) is 4.05. The number of benzene rings is 1. The summed E-state index contributed by atoms with van der Waals surface area (Å²) in [5.74, 6) is -0.646. The molecule has 1 N–H and O–H groups in total. The second-order valence-electron chi connectivity index (χ2n) is 4.64. The largest absolute Gasteiger partial charge is 0.371 e. The van der Waals surface area contributed by atoms with Crippen molar-refractivity contribution in [3.8, 4) is 0 Å². The van der Waals surface area contributed by atoms with Crippen molar-refractivity contribution in [1.29, 1.82) is 0 Å². The number of hydrogen-bond acceptors (Lipinski definition) is 3. The average Bonchev–Trinajstić information content (AvgIpc) is 2.36. The molecule has 0 fully saturated rings. The van der Waals surface area contributed by atoms with Crippen LogP contribution in [0, 0.1) is 25.5 Å². The third kappa shape index (κ3) is 3.48. The molecule has 106 valence electrons. The maximum atomic E-state index is 13.7. The first-order chi connectivity index (χ1) is 9.49. The highest BCUT2D eigenvalue weighted by Crippen LogP contribution is 2.27. The van der Waals surface area contributed by atoms with Crippen LogP contribution < -0.4 is 5.32 Å². The normalized spacial score (nSPS) is 10.7. The Bertz CT molecular complexity index is 609. The van der Waals surface area contributed by atoms with Gasteiger partial charge in [0.2, 0.25) is 0 Å². The number of aryl methyl sites for hydroxylation is 2. The van der Waals surface area contributed by atoms with Crippen LogP contribution in [0.1, 0.15) is 16.7 Å². The summed E-state index contributed by atoms with van der Waals surface area (Å²) in [7, 11) is 1.56. The molecule has 0 spiro atoms. The molecule has 0 amide bonds. The van der Waals surface area contributed by atoms with Gasteiger partial charge in [0.05, 0.1) is 0 Å². The van der Waals surface area contributed by atoms with Crippen LogP contribution in [-0.4, -0.2) is 12.0 Å². The molecule has 2 nitrogen and oxygen atoms in total. The van der Waals surface area contributed by atoms with Gasteiger partial charge in [0.1, 0.15) is 5.03 Å². The van der Waals surface area contributed by atoms with Crippen LogP contribution in [0.2, 0.25) is 0 Å². The smallest absolute Gasteiger partial charge is 0.168 e. The highest BCUT2D eigenvalue weighted by atomic mass is 32.2. The molecule has 0 radical (unpaired) electrons. The van der Waals surface area contributed by atoms with Gasteiger partial charge in [-0.1, -0.05) is 41.1 Å². The number of halogens is 2. The summed E-state index contributed by atoms with van der Waals surface area (Å²) < 4.78 is 27.0. The van der Waals surface area contributed by atoms with E-state index in [9.17, 15) is 8.78 Å². The van der Waals surface area contributed by atoms with Gasteiger partial charge in [-0.2, -0.15) is 0 Å². The van der Waals surface area contributed by atoms with Crippen molar-refractivity contribution in [2.75, 3.05) is 12.4 Å². The highest BCUT2D eigenvalue weighted by molar-refractivity contribution is 7.98. The fourth-order valence-electron chi connectivity index (χ4n) is 2.03. The molecule has 5 heteroatoms. The Morgan fingerprint density at radius 1 is 1.05 bits per heavy atom. The lowest BCUT2D eigenvalue weighted by atomic mass is 10.1. The summed E-state index contributed by atoms with van der Waals surface area (Å²) >= 11 is 1.26. The first kappa shape index (κ1) is 14.8. The lowest BCUT2D eigenvalue weighted by molar-refractivity contribution is 0.551. The number of anilines is 1. The Hall–Kier alpha value is -1.62. The number of thioether (sulfide) groups is 1. The summed E-state index contributed by atoms with van der Waals surface area (Å²) in [6, 6.07) is 7.06. The standard InChI is InChI=1S/C15H16F2N2S/c1-9-4-10(2)6-11(5-9)8-20-15-13(17)7-12(16)14(18-3)19-15/h4-7H,8H2,1-3H3,(H,18,19). The molecule has 0 aliphatic rings. The van der Waals surface area contributed by atoms with E-state index in [0.717, 1.165) is 11.6 Å². The second-order valence-corrected chi connectivity index (χ2v) is 5.60. The van der Waals surface area contributed by atoms with Gasteiger partial charge in [-0.05, 0) is 19.4 Å². The van der Waals surface area contributed by atoms with Gasteiger partial charge >= 0.3 is 0 Å². The maximum absolute atomic E-state index is 13.7. The summed E-state index contributed by atoms with van der Waals surface area (Å²) in [4.78, 5) is 3.95. The zero-order valence-corrected chi connectivity index (χ0v) is 12.4. The fraction of sp³-hybridized carbons (Fsp3) is 0.267. The van der Waals surface area contributed by atoms with E-state index in [1.165, 1.54) is 22.9 Å². The van der Waals surface area contributed by atoms with Gasteiger partial charge in [0.25, 0.3) is 0 Å². The van der Waals surface area contributed by atoms with Crippen LogP contribution in [0.5, 0.6) is 0 Å². The predicted octanol–water partition coefficient (Wildman–Crippen LogP) is 4.31. The molecule has 0 saturated carbocycles. The predicted molar refractivity (Wildman–Crippen MR) is 79.2 cm³/mol. The monoisotopic (exact) mass is 294 g/mol. The minimum Gasteiger partial charge on any atom is -0.371 e. The highest BCUT2D eigenvalue weighted by Gasteiger charge is 2.11. The molecule has 20 heavy (non-hydrogen) atoms. The third-order valence-corrected chi connectivity index (χ3v) is 3.83. The summed E-state index contributed by atoms with van der Waals surface area (Å²) in [6.07, 6.45) is 0. The van der Waals surface area contributed by atoms with E-state index in [-0.39, 0.29) is 10.8 Å². The Morgan fingerprint density at radius 2 is 1.70 bits per heavy atom. The average molecular weight is 294 g/mol. The van der Waals surface area contributed by atoms with Crippen LogP contribution in [0.3, 0.4) is 0 Å². The molecule has 0 saturated heterocycles. The van der Waals surface area contributed by atoms with Gasteiger partial charge in [-0.25, -0.2) is 13.8 Å². The van der Waals surface area contributed by atoms with Gasteiger partial charge in [-0.3, -0.25) is 0 Å². The first-order valence-corrected chi connectivity index (χ1v) is 7.22. The van der Waals surface area contributed by atoms with E-state index in [0.29, 0.717) is 5.75 Å². The number of hydrogen-bond donors (Lipinski definition) is 1. The molecule has 1 heterocycles. The van der Waals surface area contributed by atoms with E-state index in [1.54, 1.807) is 7.05 Å². The molecule has 0 aliphatic carbocycles. The Morgan fingerprint density at radius 3 is 2.30 bits per heavy atom.